The van der Waals surface area contributed by atoms with Gasteiger partial charge in [0.15, 0.2) is 0 Å². The Morgan fingerprint density at radius 2 is 1.60 bits per heavy atom. The monoisotopic (exact) mass is 535 g/mol. The van der Waals surface area contributed by atoms with Crippen LogP contribution in [-0.2, 0) is 10.2 Å². The summed E-state index contributed by atoms with van der Waals surface area (Å²) in [6.07, 6.45) is 0.655. The largest absolute Gasteiger partial charge is 0.322 e. The molecule has 3 aromatic rings. The molecule has 0 aliphatic carbocycles. The van der Waals surface area contributed by atoms with Crippen LogP contribution in [0.15, 0.2) is 48.5 Å². The summed E-state index contributed by atoms with van der Waals surface area (Å²) in [5.41, 5.74) is 1.46. The van der Waals surface area contributed by atoms with E-state index in [-0.39, 0.29) is 17.9 Å². The van der Waals surface area contributed by atoms with Gasteiger partial charge in [0.2, 0.25) is 5.91 Å². The zero-order chi connectivity index (χ0) is 25.8. The number of carbonyl (C=O) groups is 2. The quantitative estimate of drug-likeness (QED) is 0.341. The van der Waals surface area contributed by atoms with Crippen LogP contribution in [0.4, 0.5) is 16.3 Å². The van der Waals surface area contributed by atoms with Gasteiger partial charge >= 0.3 is 6.03 Å². The standard InChI is InChI=1S/C25H28Cl3N5O2/c1-5-13-32(24(35)30-23-17(27)10-8-11-18(23)28)15-22(34)29-21-14-20(25(2,3)4)31-33(21)19-12-7-6-9-16(19)26/h6-12,14H,5,13,15H2,1-4H3,(H,29,34)(H,30,35). The van der Waals surface area contributed by atoms with E-state index >= 15 is 0 Å². The lowest BCUT2D eigenvalue weighted by atomic mass is 9.92. The Labute approximate surface area is 220 Å². The first-order chi connectivity index (χ1) is 16.5. The molecule has 0 radical (unpaired) electrons. The van der Waals surface area contributed by atoms with Crippen LogP contribution in [0, 0.1) is 0 Å². The van der Waals surface area contributed by atoms with Gasteiger partial charge in [0.05, 0.1) is 32.1 Å². The number of halogens is 3. The highest BCUT2D eigenvalue weighted by Gasteiger charge is 2.24. The Morgan fingerprint density at radius 3 is 2.20 bits per heavy atom. The molecule has 10 heteroatoms. The van der Waals surface area contributed by atoms with Gasteiger partial charge in [-0.1, -0.05) is 80.7 Å². The van der Waals surface area contributed by atoms with Crippen LogP contribution >= 0.6 is 34.8 Å². The Bertz CT molecular complexity index is 1200. The summed E-state index contributed by atoms with van der Waals surface area (Å²) in [4.78, 5) is 27.4. The normalized spacial score (nSPS) is 11.3. The lowest BCUT2D eigenvalue weighted by Gasteiger charge is -2.23. The average molecular weight is 537 g/mol. The molecule has 1 heterocycles. The molecular formula is C25H28Cl3N5O2. The molecule has 0 aliphatic rings. The topological polar surface area (TPSA) is 79.3 Å². The molecule has 0 spiro atoms. The van der Waals surface area contributed by atoms with Crippen molar-refractivity contribution in [2.24, 2.45) is 0 Å². The van der Waals surface area contributed by atoms with Crippen LogP contribution in [0.25, 0.3) is 5.69 Å². The van der Waals surface area contributed by atoms with Crippen molar-refractivity contribution in [3.05, 3.63) is 69.3 Å². The second kappa shape index (κ2) is 11.3. The molecule has 0 bridgehead atoms. The number of hydrogen-bond donors (Lipinski definition) is 2. The number of carbonyl (C=O) groups excluding carboxylic acids is 2. The fourth-order valence-electron chi connectivity index (χ4n) is 3.33. The highest BCUT2D eigenvalue weighted by atomic mass is 35.5. The number of aromatic nitrogens is 2. The summed E-state index contributed by atoms with van der Waals surface area (Å²) >= 11 is 18.8. The number of benzene rings is 2. The maximum Gasteiger partial charge on any atom is 0.322 e. The third kappa shape index (κ3) is 6.69. The van der Waals surface area contributed by atoms with Gasteiger partial charge in [-0.15, -0.1) is 0 Å². The van der Waals surface area contributed by atoms with Gasteiger partial charge in [-0.2, -0.15) is 5.10 Å². The number of para-hydroxylation sites is 2. The number of amides is 3. The maximum atomic E-state index is 13.1. The number of nitrogens with one attached hydrogen (secondary N) is 2. The molecule has 2 N–H and O–H groups in total. The van der Waals surface area contributed by atoms with Crippen LogP contribution in [-0.4, -0.2) is 39.7 Å². The molecule has 1 aromatic heterocycles. The molecule has 0 saturated carbocycles. The minimum Gasteiger partial charge on any atom is -0.315 e. The summed E-state index contributed by atoms with van der Waals surface area (Å²) in [6.45, 7) is 8.20. The van der Waals surface area contributed by atoms with E-state index in [0.29, 0.717) is 45.2 Å². The second-order valence-electron chi connectivity index (χ2n) is 9.02. The Hall–Kier alpha value is -2.74. The van der Waals surface area contributed by atoms with Crippen molar-refractivity contribution in [3.63, 3.8) is 0 Å². The Kier molecular flexibility index (Phi) is 8.70. The molecule has 0 fully saturated rings. The van der Waals surface area contributed by atoms with Crippen molar-refractivity contribution in [2.75, 3.05) is 23.7 Å². The van der Waals surface area contributed by atoms with Crippen molar-refractivity contribution >= 4 is 58.2 Å². The summed E-state index contributed by atoms with van der Waals surface area (Å²) in [5.74, 6) is 0.0755. The molecule has 2 aromatic carbocycles. The number of rotatable bonds is 7. The molecule has 0 unspecified atom stereocenters. The second-order valence-corrected chi connectivity index (χ2v) is 10.2. The van der Waals surface area contributed by atoms with Crippen LogP contribution in [0.2, 0.25) is 15.1 Å². The van der Waals surface area contributed by atoms with E-state index in [4.69, 9.17) is 34.8 Å². The molecule has 0 atom stereocenters. The van der Waals surface area contributed by atoms with Crippen LogP contribution in [0.1, 0.15) is 39.8 Å². The zero-order valence-corrected chi connectivity index (χ0v) is 22.3. The highest BCUT2D eigenvalue weighted by molar-refractivity contribution is 6.39. The van der Waals surface area contributed by atoms with Gasteiger partial charge in [0, 0.05) is 18.0 Å². The summed E-state index contributed by atoms with van der Waals surface area (Å²) in [5, 5.41) is 11.4. The molecule has 3 rings (SSSR count). The van der Waals surface area contributed by atoms with Gasteiger partial charge in [-0.05, 0) is 30.7 Å². The Balaban J connectivity index is 1.83. The molecule has 186 valence electrons. The molecule has 0 aliphatic heterocycles. The average Bonchev–Trinajstić information content (AvgIpc) is 3.20. The van der Waals surface area contributed by atoms with Crippen LogP contribution in [0.3, 0.4) is 0 Å². The van der Waals surface area contributed by atoms with Gasteiger partial charge < -0.3 is 15.5 Å². The SMILES string of the molecule is CCCN(CC(=O)Nc1cc(C(C)(C)C)nn1-c1ccccc1Cl)C(=O)Nc1c(Cl)cccc1Cl. The minimum atomic E-state index is -0.480. The maximum absolute atomic E-state index is 13.1. The molecular weight excluding hydrogens is 509 g/mol. The van der Waals surface area contributed by atoms with E-state index in [0.717, 1.165) is 5.69 Å². The number of nitrogens with zero attached hydrogens (tertiary/aromatic N) is 3. The van der Waals surface area contributed by atoms with E-state index < -0.39 is 6.03 Å². The number of hydrogen-bond acceptors (Lipinski definition) is 3. The number of anilines is 2. The first-order valence-corrected chi connectivity index (χ1v) is 12.3. The summed E-state index contributed by atoms with van der Waals surface area (Å²) < 4.78 is 1.61. The van der Waals surface area contributed by atoms with E-state index in [2.05, 4.69) is 15.7 Å². The Morgan fingerprint density at radius 1 is 0.971 bits per heavy atom. The third-order valence-electron chi connectivity index (χ3n) is 5.14. The first-order valence-electron chi connectivity index (χ1n) is 11.2. The van der Waals surface area contributed by atoms with Crippen molar-refractivity contribution in [1.82, 2.24) is 14.7 Å². The lowest BCUT2D eigenvalue weighted by molar-refractivity contribution is -0.116. The third-order valence-corrected chi connectivity index (χ3v) is 6.09. The fourth-order valence-corrected chi connectivity index (χ4v) is 4.03. The smallest absolute Gasteiger partial charge is 0.315 e. The molecule has 0 saturated heterocycles. The van der Waals surface area contributed by atoms with Crippen molar-refractivity contribution in [2.45, 2.75) is 39.5 Å². The fraction of sp³-hybridized carbons (Fsp3) is 0.320. The number of urea groups is 1. The molecule has 3 amide bonds. The lowest BCUT2D eigenvalue weighted by Crippen LogP contribution is -2.41. The molecule has 35 heavy (non-hydrogen) atoms. The van der Waals surface area contributed by atoms with E-state index in [1.54, 1.807) is 28.9 Å². The minimum absolute atomic E-state index is 0.180. The van der Waals surface area contributed by atoms with Gasteiger partial charge in [0.25, 0.3) is 0 Å². The van der Waals surface area contributed by atoms with Crippen molar-refractivity contribution < 1.29 is 9.59 Å². The van der Waals surface area contributed by atoms with E-state index in [9.17, 15) is 9.59 Å². The predicted octanol–water partition coefficient (Wildman–Crippen LogP) is 7.01. The summed E-state index contributed by atoms with van der Waals surface area (Å²) in [7, 11) is 0. The van der Waals surface area contributed by atoms with E-state index in [1.165, 1.54) is 4.90 Å². The first kappa shape index (κ1) is 26.9. The zero-order valence-electron chi connectivity index (χ0n) is 20.0. The van der Waals surface area contributed by atoms with Crippen LogP contribution in [0.5, 0.6) is 0 Å². The van der Waals surface area contributed by atoms with Gasteiger partial charge in [-0.3, -0.25) is 4.79 Å². The van der Waals surface area contributed by atoms with Gasteiger partial charge in [0.1, 0.15) is 12.4 Å². The van der Waals surface area contributed by atoms with E-state index in [1.807, 2.05) is 52.0 Å². The van der Waals surface area contributed by atoms with Crippen molar-refractivity contribution in [3.8, 4) is 5.69 Å². The van der Waals surface area contributed by atoms with Gasteiger partial charge in [-0.25, -0.2) is 9.48 Å². The van der Waals surface area contributed by atoms with Crippen LogP contribution < -0.4 is 10.6 Å². The van der Waals surface area contributed by atoms with Crippen molar-refractivity contribution in [1.29, 1.82) is 0 Å². The summed E-state index contributed by atoms with van der Waals surface area (Å²) in [6, 6.07) is 13.5. The predicted molar refractivity (Wildman–Crippen MR) is 143 cm³/mol. The molecule has 7 nitrogen and oxygen atoms in total. The highest BCUT2D eigenvalue weighted by Crippen LogP contribution is 2.31.